The van der Waals surface area contributed by atoms with E-state index < -0.39 is 6.03 Å². The smallest absolute Gasteiger partial charge is 0.324 e. The second kappa shape index (κ2) is 11.0. The minimum absolute atomic E-state index is 0.0455. The van der Waals surface area contributed by atoms with Crippen LogP contribution < -0.4 is 16.0 Å². The van der Waals surface area contributed by atoms with E-state index in [0.717, 1.165) is 46.1 Å². The van der Waals surface area contributed by atoms with Crippen LogP contribution in [0.4, 0.5) is 16.3 Å². The average Bonchev–Trinajstić information content (AvgIpc) is 3.73. The first-order valence-corrected chi connectivity index (χ1v) is 14.6. The molecule has 2 aromatic carbocycles. The van der Waals surface area contributed by atoms with Crippen LogP contribution in [0.25, 0.3) is 26.4 Å². The van der Waals surface area contributed by atoms with Crippen molar-refractivity contribution in [1.29, 1.82) is 0 Å². The Hall–Kier alpha value is -4.22. The minimum Gasteiger partial charge on any atom is -0.359 e. The molecule has 3 aromatic heterocycles. The molecular weight excluding hydrogens is 538 g/mol. The molecule has 4 heterocycles. The summed E-state index contributed by atoms with van der Waals surface area (Å²) >= 11 is 1.55. The zero-order valence-electron chi connectivity index (χ0n) is 23.4. The molecule has 0 spiro atoms. The number of imidazole rings is 1. The van der Waals surface area contributed by atoms with Gasteiger partial charge in [0.15, 0.2) is 10.8 Å². The number of fused-ring (bicyclic) bond motifs is 3. The van der Waals surface area contributed by atoms with Crippen molar-refractivity contribution >= 4 is 50.0 Å². The molecule has 0 saturated carbocycles. The van der Waals surface area contributed by atoms with Gasteiger partial charge in [-0.1, -0.05) is 49.4 Å². The van der Waals surface area contributed by atoms with Crippen molar-refractivity contribution in [2.45, 2.75) is 39.0 Å². The van der Waals surface area contributed by atoms with Crippen molar-refractivity contribution in [1.82, 2.24) is 24.8 Å². The third-order valence-electron chi connectivity index (χ3n) is 7.20. The van der Waals surface area contributed by atoms with Crippen molar-refractivity contribution in [3.05, 3.63) is 66.1 Å². The molecule has 1 fully saturated rings. The first-order valence-electron chi connectivity index (χ1n) is 13.8. The van der Waals surface area contributed by atoms with E-state index in [1.807, 2.05) is 73.8 Å². The summed E-state index contributed by atoms with van der Waals surface area (Å²) in [5, 5.41) is 12.5. The van der Waals surface area contributed by atoms with E-state index in [9.17, 15) is 9.59 Å². The summed E-state index contributed by atoms with van der Waals surface area (Å²) in [5.41, 5.74) is 3.88. The maximum absolute atomic E-state index is 12.7. The van der Waals surface area contributed by atoms with E-state index in [4.69, 9.17) is 9.51 Å². The zero-order chi connectivity index (χ0) is 28.6. The second-order valence-electron chi connectivity index (χ2n) is 11.4. The summed E-state index contributed by atoms with van der Waals surface area (Å²) < 4.78 is 8.38. The number of amides is 3. The SMILES string of the molecule is CC(C)(C)c1cc(NC(=O)Nc2ccc(-c3cn4c(n3)sc3cc(C(=O)NCCN5CCCC5)ccc34)cc2)no1. The van der Waals surface area contributed by atoms with Gasteiger partial charge >= 0.3 is 6.03 Å². The highest BCUT2D eigenvalue weighted by atomic mass is 32.1. The largest absolute Gasteiger partial charge is 0.359 e. The van der Waals surface area contributed by atoms with Gasteiger partial charge in [0, 0.05) is 47.6 Å². The standard InChI is InChI=1S/C30H33N7O3S/c1-30(2,3)25-17-26(35-40-25)34-28(39)32-21-9-6-19(7-10-21)22-18-37-23-11-8-20(16-24(23)41-29(37)33-22)27(38)31-12-15-36-13-4-5-14-36/h6-11,16-18H,4-5,12-15H2,1-3H3,(H,31,38)(H2,32,34,35,39). The van der Waals surface area contributed by atoms with Gasteiger partial charge in [0.05, 0.1) is 15.9 Å². The molecule has 1 aliphatic rings. The zero-order valence-corrected chi connectivity index (χ0v) is 24.2. The molecule has 1 saturated heterocycles. The van der Waals surface area contributed by atoms with Crippen LogP contribution >= 0.6 is 11.3 Å². The fourth-order valence-corrected chi connectivity index (χ4v) is 5.95. The van der Waals surface area contributed by atoms with Gasteiger partial charge < -0.3 is 20.1 Å². The quantitative estimate of drug-likeness (QED) is 0.222. The topological polar surface area (TPSA) is 117 Å². The van der Waals surface area contributed by atoms with Crippen LogP contribution in [0.2, 0.25) is 0 Å². The van der Waals surface area contributed by atoms with E-state index in [2.05, 4.69) is 26.0 Å². The van der Waals surface area contributed by atoms with Crippen LogP contribution in [-0.4, -0.2) is 57.6 Å². The number of anilines is 2. The van der Waals surface area contributed by atoms with Crippen LogP contribution in [0.1, 0.15) is 49.7 Å². The Kier molecular flexibility index (Phi) is 7.22. The molecule has 1 aliphatic heterocycles. The second-order valence-corrected chi connectivity index (χ2v) is 12.4. The first-order chi connectivity index (χ1) is 19.7. The number of hydrogen-bond donors (Lipinski definition) is 3. The maximum atomic E-state index is 12.7. The summed E-state index contributed by atoms with van der Waals surface area (Å²) in [6.45, 7) is 9.85. The molecule has 6 rings (SSSR count). The number of likely N-dealkylation sites (tertiary alicyclic amines) is 1. The Morgan fingerprint density at radius 1 is 1.02 bits per heavy atom. The van der Waals surface area contributed by atoms with Gasteiger partial charge in [0.2, 0.25) is 0 Å². The Morgan fingerprint density at radius 2 is 1.80 bits per heavy atom. The van der Waals surface area contributed by atoms with Gasteiger partial charge in [-0.2, -0.15) is 0 Å². The van der Waals surface area contributed by atoms with Crippen molar-refractivity contribution in [3.8, 4) is 11.3 Å². The molecule has 0 radical (unpaired) electrons. The molecule has 10 nitrogen and oxygen atoms in total. The molecule has 3 N–H and O–H groups in total. The Morgan fingerprint density at radius 3 is 2.54 bits per heavy atom. The lowest BCUT2D eigenvalue weighted by Crippen LogP contribution is -2.33. The molecule has 0 bridgehead atoms. The highest BCUT2D eigenvalue weighted by Crippen LogP contribution is 2.31. The fourth-order valence-electron chi connectivity index (χ4n) is 4.91. The molecule has 5 aromatic rings. The molecule has 41 heavy (non-hydrogen) atoms. The number of nitrogens with one attached hydrogen (secondary N) is 3. The molecule has 0 unspecified atom stereocenters. The summed E-state index contributed by atoms with van der Waals surface area (Å²) in [7, 11) is 0. The lowest BCUT2D eigenvalue weighted by Gasteiger charge is -2.14. The van der Waals surface area contributed by atoms with Crippen molar-refractivity contribution in [2.75, 3.05) is 36.8 Å². The van der Waals surface area contributed by atoms with Gasteiger partial charge in [0.1, 0.15) is 5.76 Å². The third-order valence-corrected chi connectivity index (χ3v) is 8.22. The Balaban J connectivity index is 1.09. The number of carbonyl (C=O) groups excluding carboxylic acids is 2. The van der Waals surface area contributed by atoms with Crippen molar-refractivity contribution < 1.29 is 14.1 Å². The Labute approximate surface area is 241 Å². The van der Waals surface area contributed by atoms with Crippen LogP contribution in [0.15, 0.2) is 59.3 Å². The third kappa shape index (κ3) is 5.96. The van der Waals surface area contributed by atoms with Gasteiger partial charge in [-0.25, -0.2) is 9.78 Å². The van der Waals surface area contributed by atoms with Crippen LogP contribution in [0.3, 0.4) is 0 Å². The molecule has 11 heteroatoms. The summed E-state index contributed by atoms with van der Waals surface area (Å²) in [5.74, 6) is 1.01. The summed E-state index contributed by atoms with van der Waals surface area (Å²) in [6, 6.07) is 14.6. The number of nitrogens with zero attached hydrogens (tertiary/aromatic N) is 4. The lowest BCUT2D eigenvalue weighted by atomic mass is 9.93. The van der Waals surface area contributed by atoms with E-state index >= 15 is 0 Å². The fraction of sp³-hybridized carbons (Fsp3) is 0.333. The normalized spacial score (nSPS) is 14.1. The number of benzene rings is 2. The van der Waals surface area contributed by atoms with Crippen molar-refractivity contribution in [3.63, 3.8) is 0 Å². The molecular formula is C30H33N7O3S. The highest BCUT2D eigenvalue weighted by Gasteiger charge is 2.20. The number of aromatic nitrogens is 3. The number of thiazole rings is 1. The van der Waals surface area contributed by atoms with Gasteiger partial charge in [-0.3, -0.25) is 14.5 Å². The van der Waals surface area contributed by atoms with Crippen LogP contribution in [-0.2, 0) is 5.41 Å². The monoisotopic (exact) mass is 571 g/mol. The number of hydrogen-bond acceptors (Lipinski definition) is 7. The van der Waals surface area contributed by atoms with Gasteiger partial charge in [-0.15, -0.1) is 0 Å². The highest BCUT2D eigenvalue weighted by molar-refractivity contribution is 7.23. The van der Waals surface area contributed by atoms with Gasteiger partial charge in [-0.05, 0) is 56.3 Å². The minimum atomic E-state index is -0.403. The maximum Gasteiger partial charge on any atom is 0.324 e. The molecule has 212 valence electrons. The molecule has 3 amide bonds. The van der Waals surface area contributed by atoms with E-state index in [1.165, 1.54) is 12.8 Å². The predicted octanol–water partition coefficient (Wildman–Crippen LogP) is 5.97. The molecule has 0 aliphatic carbocycles. The summed E-state index contributed by atoms with van der Waals surface area (Å²) in [4.78, 5) is 33.2. The van der Waals surface area contributed by atoms with Gasteiger partial charge in [0.25, 0.3) is 5.91 Å². The lowest BCUT2D eigenvalue weighted by molar-refractivity contribution is 0.0950. The average molecular weight is 572 g/mol. The number of rotatable bonds is 7. The first kappa shape index (κ1) is 27.0. The summed E-state index contributed by atoms with van der Waals surface area (Å²) in [6.07, 6.45) is 4.49. The van der Waals surface area contributed by atoms with E-state index in [1.54, 1.807) is 17.4 Å². The molecule has 0 atom stereocenters. The van der Waals surface area contributed by atoms with Crippen LogP contribution in [0, 0.1) is 0 Å². The Bertz CT molecular complexity index is 1710. The van der Waals surface area contributed by atoms with Crippen molar-refractivity contribution in [2.24, 2.45) is 0 Å². The number of carbonyl (C=O) groups is 2. The number of urea groups is 1. The van der Waals surface area contributed by atoms with Crippen LogP contribution in [0.5, 0.6) is 0 Å². The van der Waals surface area contributed by atoms with E-state index in [-0.39, 0.29) is 11.3 Å². The van der Waals surface area contributed by atoms with E-state index in [0.29, 0.717) is 29.4 Å². The predicted molar refractivity (Wildman–Crippen MR) is 162 cm³/mol.